The van der Waals surface area contributed by atoms with E-state index in [4.69, 9.17) is 37.9 Å². The fourth-order valence-electron chi connectivity index (χ4n) is 10.2. The van der Waals surface area contributed by atoms with E-state index < -0.39 is 145 Å². The zero-order valence-corrected chi connectivity index (χ0v) is 39.9. The number of rotatable bonds is 10. The van der Waals surface area contributed by atoms with Crippen LogP contribution in [0.25, 0.3) is 0 Å². The van der Waals surface area contributed by atoms with Gasteiger partial charge in [-0.1, -0.05) is 20.8 Å². The number of nitrogens with zero attached hydrogens (tertiary/aromatic N) is 2. The maximum atomic E-state index is 14.5. The molecule has 4 saturated heterocycles. The summed E-state index contributed by atoms with van der Waals surface area (Å²) < 4.78 is 50.6. The molecule has 23 atom stereocenters. The minimum atomic E-state index is -1.87. The number of ether oxygens (including phenoxy) is 8. The maximum absolute atomic E-state index is 14.5. The SMILES string of the molecule is CC[C@@H]1OC(=O)[C@H](C)[C@@H](O[C@H]2C[C@@](C)(OC)[C@@H](O)[C@H](C)O2)[C@H](C)[C@@H](O[C@@H]2O[C@H](C)C[C@H](N(C)C)[C@H]2O[C@@H]2O[C@H](CO)[C@@H](O)[C@H](O)[C@H]2O)[C@@](C)(O)C[C@@H](C)CN(C)[C@@H](C)[C@@H](O)[C@]1(C)O. The molecule has 0 aromatic heterocycles. The van der Waals surface area contributed by atoms with Crippen LogP contribution in [0.15, 0.2) is 0 Å². The summed E-state index contributed by atoms with van der Waals surface area (Å²) in [5.41, 5.74) is -4.68. The minimum absolute atomic E-state index is 0.0600. The number of methoxy groups -OCH3 is 1. The molecule has 0 amide bonds. The van der Waals surface area contributed by atoms with Gasteiger partial charge in [-0.3, -0.25) is 4.79 Å². The van der Waals surface area contributed by atoms with Gasteiger partial charge in [-0.2, -0.15) is 0 Å². The number of hydrogen-bond donors (Lipinski definition) is 8. The first-order valence-electron chi connectivity index (χ1n) is 22.7. The number of carbonyl (C=O) groups is 1. The molecule has 19 nitrogen and oxygen atoms in total. The van der Waals surface area contributed by atoms with Crippen molar-refractivity contribution in [3.05, 3.63) is 0 Å². The third-order valence-corrected chi connectivity index (χ3v) is 14.3. The fourth-order valence-corrected chi connectivity index (χ4v) is 10.2. The molecule has 370 valence electrons. The van der Waals surface area contributed by atoms with Crippen molar-refractivity contribution in [1.82, 2.24) is 9.80 Å². The second-order valence-corrected chi connectivity index (χ2v) is 20.0. The van der Waals surface area contributed by atoms with Gasteiger partial charge in [0.1, 0.15) is 54.4 Å². The van der Waals surface area contributed by atoms with Crippen LogP contribution in [-0.4, -0.2) is 219 Å². The van der Waals surface area contributed by atoms with E-state index in [2.05, 4.69) is 0 Å². The highest BCUT2D eigenvalue weighted by Crippen LogP contribution is 2.41. The highest BCUT2D eigenvalue weighted by molar-refractivity contribution is 5.73. The summed E-state index contributed by atoms with van der Waals surface area (Å²) in [6.45, 7) is 16.9. The van der Waals surface area contributed by atoms with Crippen LogP contribution in [-0.2, 0) is 42.7 Å². The Hall–Kier alpha value is -1.21. The van der Waals surface area contributed by atoms with E-state index in [1.54, 1.807) is 55.5 Å². The monoisotopic (exact) mass is 911 g/mol. The lowest BCUT2D eigenvalue weighted by Gasteiger charge is -2.50. The van der Waals surface area contributed by atoms with Gasteiger partial charge in [0.2, 0.25) is 0 Å². The lowest BCUT2D eigenvalue weighted by atomic mass is 9.77. The van der Waals surface area contributed by atoms with Crippen LogP contribution in [0.4, 0.5) is 0 Å². The van der Waals surface area contributed by atoms with Gasteiger partial charge in [0.25, 0.3) is 0 Å². The Morgan fingerprint density at radius 3 is 2.03 bits per heavy atom. The normalized spacial score (nSPS) is 50.4. The molecule has 4 aliphatic rings. The molecule has 0 aromatic carbocycles. The van der Waals surface area contributed by atoms with Crippen LogP contribution in [0.5, 0.6) is 0 Å². The molecule has 0 unspecified atom stereocenters. The Balaban J connectivity index is 1.87. The molecule has 4 rings (SSSR count). The van der Waals surface area contributed by atoms with Gasteiger partial charge in [0.15, 0.2) is 18.9 Å². The molecule has 4 heterocycles. The van der Waals surface area contributed by atoms with E-state index in [0.717, 1.165) is 0 Å². The van der Waals surface area contributed by atoms with Crippen molar-refractivity contribution < 1.29 is 83.5 Å². The predicted molar refractivity (Wildman–Crippen MR) is 227 cm³/mol. The number of carbonyl (C=O) groups excluding carboxylic acids is 1. The van der Waals surface area contributed by atoms with Crippen LogP contribution in [0, 0.1) is 17.8 Å². The van der Waals surface area contributed by atoms with Crippen LogP contribution in [0.3, 0.4) is 0 Å². The van der Waals surface area contributed by atoms with Gasteiger partial charge >= 0.3 is 5.97 Å². The van der Waals surface area contributed by atoms with E-state index in [1.165, 1.54) is 14.0 Å². The first-order valence-corrected chi connectivity index (χ1v) is 22.7. The van der Waals surface area contributed by atoms with Crippen LogP contribution in [0.2, 0.25) is 0 Å². The van der Waals surface area contributed by atoms with E-state index in [0.29, 0.717) is 13.0 Å². The molecule has 4 fully saturated rings. The number of aliphatic hydroxyl groups is 8. The number of cyclic esters (lactones) is 1. The first kappa shape index (κ1) is 54.4. The Morgan fingerprint density at radius 1 is 0.825 bits per heavy atom. The summed E-state index contributed by atoms with van der Waals surface area (Å²) in [6.07, 6.45) is -17.5. The van der Waals surface area contributed by atoms with Gasteiger partial charge in [-0.15, -0.1) is 0 Å². The third kappa shape index (κ3) is 12.1. The van der Waals surface area contributed by atoms with Crippen LogP contribution in [0.1, 0.15) is 94.9 Å². The molecule has 0 aromatic rings. The van der Waals surface area contributed by atoms with Crippen molar-refractivity contribution in [1.29, 1.82) is 0 Å². The van der Waals surface area contributed by atoms with Crippen LogP contribution >= 0.6 is 0 Å². The number of esters is 1. The maximum Gasteiger partial charge on any atom is 0.311 e. The lowest BCUT2D eigenvalue weighted by Crippen LogP contribution is -2.64. The zero-order valence-electron chi connectivity index (χ0n) is 39.9. The van der Waals surface area contributed by atoms with Crippen molar-refractivity contribution in [2.45, 2.75) is 216 Å². The molecule has 4 aliphatic heterocycles. The van der Waals surface area contributed by atoms with E-state index in [-0.39, 0.29) is 25.2 Å². The predicted octanol–water partition coefficient (Wildman–Crippen LogP) is -0.275. The molecule has 0 saturated carbocycles. The second-order valence-electron chi connectivity index (χ2n) is 20.0. The fraction of sp³-hybridized carbons (Fsp3) is 0.977. The summed E-state index contributed by atoms with van der Waals surface area (Å²) in [4.78, 5) is 18.2. The summed E-state index contributed by atoms with van der Waals surface area (Å²) in [7, 11) is 6.94. The molecular weight excluding hydrogens is 828 g/mol. The molecule has 63 heavy (non-hydrogen) atoms. The second kappa shape index (κ2) is 21.8. The minimum Gasteiger partial charge on any atom is -0.459 e. The highest BCUT2D eigenvalue weighted by Gasteiger charge is 2.54. The number of hydrogen-bond acceptors (Lipinski definition) is 19. The van der Waals surface area contributed by atoms with Gasteiger partial charge in [0, 0.05) is 38.1 Å². The third-order valence-electron chi connectivity index (χ3n) is 14.3. The summed E-state index contributed by atoms with van der Waals surface area (Å²) in [5.74, 6) is -3.02. The topological polar surface area (TPSA) is 259 Å². The highest BCUT2D eigenvalue weighted by atomic mass is 16.8. The van der Waals surface area contributed by atoms with Crippen molar-refractivity contribution in [2.24, 2.45) is 17.8 Å². The largest absolute Gasteiger partial charge is 0.459 e. The Labute approximate surface area is 373 Å². The molecule has 8 N–H and O–H groups in total. The van der Waals surface area contributed by atoms with E-state index >= 15 is 0 Å². The average Bonchev–Trinajstić information content (AvgIpc) is 3.21. The Morgan fingerprint density at radius 2 is 1.46 bits per heavy atom. The van der Waals surface area contributed by atoms with E-state index in [1.807, 2.05) is 37.7 Å². The van der Waals surface area contributed by atoms with Gasteiger partial charge in [-0.05, 0) is 94.8 Å². The van der Waals surface area contributed by atoms with Gasteiger partial charge in [-0.25, -0.2) is 0 Å². The summed E-state index contributed by atoms with van der Waals surface area (Å²) in [6, 6.07) is -1.06. The smallest absolute Gasteiger partial charge is 0.311 e. The van der Waals surface area contributed by atoms with Crippen molar-refractivity contribution in [3.8, 4) is 0 Å². The molecule has 0 bridgehead atoms. The van der Waals surface area contributed by atoms with Crippen molar-refractivity contribution in [3.63, 3.8) is 0 Å². The number of aliphatic hydroxyl groups excluding tert-OH is 6. The van der Waals surface area contributed by atoms with Gasteiger partial charge < -0.3 is 88.5 Å². The Bertz CT molecular complexity index is 1440. The standard InChI is InChI=1S/C44H82N2O17/c1-15-29-44(10,55)36(51)25(6)46(13)19-21(2)17-42(8,54)38(23(4)34(24(5)39(53)60-29)61-30-18-43(9,56-14)37(52)26(7)58-30)63-41-35(27(45(11)12)16-22(3)57-41)62-40-33(50)32(49)31(48)28(20-47)59-40/h21-38,40-41,47-52,54-55H,15-20H2,1-14H3/t21-,22-,23+,24-,25+,26+,27+,28-,29+,30+,31-,32+,33-,34+,35-,36-,37+,38-,40+,41+,42+,43-,44-/m1/s1. The summed E-state index contributed by atoms with van der Waals surface area (Å²) >= 11 is 0. The van der Waals surface area contributed by atoms with Crippen LogP contribution < -0.4 is 0 Å². The molecular formula is C44H82N2O17. The van der Waals surface area contributed by atoms with Crippen molar-refractivity contribution >= 4 is 5.97 Å². The van der Waals surface area contributed by atoms with E-state index in [9.17, 15) is 45.6 Å². The molecule has 0 spiro atoms. The quantitative estimate of drug-likeness (QED) is 0.131. The molecule has 0 aliphatic carbocycles. The first-order chi connectivity index (χ1) is 29.1. The van der Waals surface area contributed by atoms with Gasteiger partial charge in [0.05, 0.1) is 48.1 Å². The lowest BCUT2D eigenvalue weighted by molar-refractivity contribution is -0.362. The number of likely N-dealkylation sites (N-methyl/N-ethyl adjacent to an activating group) is 2. The zero-order chi connectivity index (χ0) is 47.7. The summed E-state index contributed by atoms with van der Waals surface area (Å²) in [5, 5.41) is 89.6. The molecule has 0 radical (unpaired) electrons. The average molecular weight is 911 g/mol. The molecule has 19 heteroatoms. The Kier molecular flexibility index (Phi) is 18.8. The van der Waals surface area contributed by atoms with Crippen molar-refractivity contribution in [2.75, 3.05) is 41.4 Å².